The number of ether oxygens (including phenoxy) is 1. The quantitative estimate of drug-likeness (QED) is 0.173. The molecule has 2 heterocycles. The van der Waals surface area contributed by atoms with Crippen molar-refractivity contribution < 1.29 is 13.9 Å². The van der Waals surface area contributed by atoms with Crippen LogP contribution in [0.2, 0.25) is 0 Å². The predicted octanol–water partition coefficient (Wildman–Crippen LogP) is 6.21. The van der Waals surface area contributed by atoms with Gasteiger partial charge in [0.05, 0.1) is 12.6 Å². The fourth-order valence-electron chi connectivity index (χ4n) is 4.82. The first-order valence-corrected chi connectivity index (χ1v) is 13.6. The van der Waals surface area contributed by atoms with E-state index in [1.54, 1.807) is 12.1 Å². The standard InChI is InChI=1S/C31H34N6O3/c1-4-5-9-25(33-24-13-11-22(12-14-24)31(38)32-18-29-34-36-37-35-29)19-39-26-15-20(2)30(21(3)16-26)28-17-23-8-6-7-10-27(23)40-28/h6-8,10-17,25,33H,4-5,9,18-19H2,1-3H3,(H,32,38)(H,34,35,36,37)/t25-/m0/s1. The number of para-hydroxylation sites is 1. The number of furan rings is 1. The summed E-state index contributed by atoms with van der Waals surface area (Å²) in [5.74, 6) is 2.02. The number of hydrogen-bond acceptors (Lipinski definition) is 7. The SMILES string of the molecule is CCCC[C@@H](COc1cc(C)c(-c2cc3ccccc3o2)c(C)c1)Nc1ccc(C(=O)NCc2nnn[nH]2)cc1. The van der Waals surface area contributed by atoms with Crippen molar-refractivity contribution in [2.24, 2.45) is 0 Å². The Hall–Kier alpha value is -4.66. The van der Waals surface area contributed by atoms with Crippen LogP contribution in [-0.2, 0) is 6.54 Å². The van der Waals surface area contributed by atoms with Gasteiger partial charge in [0.2, 0.25) is 0 Å². The largest absolute Gasteiger partial charge is 0.491 e. The van der Waals surface area contributed by atoms with Crippen molar-refractivity contribution in [2.75, 3.05) is 11.9 Å². The molecule has 0 saturated heterocycles. The lowest BCUT2D eigenvalue weighted by Crippen LogP contribution is -2.27. The summed E-state index contributed by atoms with van der Waals surface area (Å²) in [6.07, 6.45) is 3.16. The van der Waals surface area contributed by atoms with Crippen LogP contribution in [0, 0.1) is 13.8 Å². The zero-order chi connectivity index (χ0) is 27.9. The van der Waals surface area contributed by atoms with E-state index in [1.165, 1.54) is 0 Å². The van der Waals surface area contributed by atoms with E-state index in [1.807, 2.05) is 30.3 Å². The number of aromatic nitrogens is 4. The number of rotatable bonds is 12. The molecule has 1 amide bonds. The van der Waals surface area contributed by atoms with Crippen LogP contribution in [0.1, 0.15) is 53.5 Å². The molecule has 5 aromatic rings. The number of hydrogen-bond donors (Lipinski definition) is 3. The van der Waals surface area contributed by atoms with Gasteiger partial charge in [0.1, 0.15) is 23.7 Å². The molecule has 2 aromatic heterocycles. The number of nitrogens with zero attached hydrogens (tertiary/aromatic N) is 3. The maximum Gasteiger partial charge on any atom is 0.251 e. The van der Waals surface area contributed by atoms with Crippen LogP contribution in [-0.4, -0.2) is 39.2 Å². The first kappa shape index (κ1) is 26.9. The van der Waals surface area contributed by atoms with E-state index in [-0.39, 0.29) is 18.5 Å². The first-order chi connectivity index (χ1) is 19.5. The Kier molecular flexibility index (Phi) is 8.39. The van der Waals surface area contributed by atoms with Gasteiger partial charge in [0.15, 0.2) is 5.82 Å². The number of H-pyrrole nitrogens is 1. The molecule has 5 rings (SSSR count). The summed E-state index contributed by atoms with van der Waals surface area (Å²) in [5.41, 5.74) is 5.72. The molecular formula is C31H34N6O3. The van der Waals surface area contributed by atoms with Crippen LogP contribution in [0.5, 0.6) is 5.75 Å². The number of carbonyl (C=O) groups excluding carboxylic acids is 1. The van der Waals surface area contributed by atoms with Crippen molar-refractivity contribution in [3.05, 3.63) is 89.2 Å². The van der Waals surface area contributed by atoms with E-state index in [0.29, 0.717) is 18.0 Å². The number of aryl methyl sites for hydroxylation is 2. The number of aromatic amines is 1. The normalized spacial score (nSPS) is 11.9. The molecule has 3 N–H and O–H groups in total. The second-order valence-electron chi connectivity index (χ2n) is 9.98. The van der Waals surface area contributed by atoms with Gasteiger partial charge in [-0.25, -0.2) is 5.10 Å². The van der Waals surface area contributed by atoms with Crippen LogP contribution >= 0.6 is 0 Å². The fourth-order valence-corrected chi connectivity index (χ4v) is 4.82. The highest BCUT2D eigenvalue weighted by molar-refractivity contribution is 5.94. The van der Waals surface area contributed by atoms with Gasteiger partial charge in [-0.05, 0) is 90.4 Å². The van der Waals surface area contributed by atoms with E-state index in [4.69, 9.17) is 9.15 Å². The molecule has 0 saturated carbocycles. The zero-order valence-electron chi connectivity index (χ0n) is 23.0. The molecule has 0 spiro atoms. The Labute approximate surface area is 233 Å². The summed E-state index contributed by atoms with van der Waals surface area (Å²) >= 11 is 0. The van der Waals surface area contributed by atoms with Crippen LogP contribution in [0.4, 0.5) is 5.69 Å². The minimum atomic E-state index is -0.189. The van der Waals surface area contributed by atoms with Crippen molar-refractivity contribution in [3.8, 4) is 17.1 Å². The maximum atomic E-state index is 12.4. The molecule has 40 heavy (non-hydrogen) atoms. The van der Waals surface area contributed by atoms with E-state index >= 15 is 0 Å². The molecule has 9 nitrogen and oxygen atoms in total. The highest BCUT2D eigenvalue weighted by atomic mass is 16.5. The van der Waals surface area contributed by atoms with Gasteiger partial charge < -0.3 is 19.8 Å². The molecule has 0 aliphatic rings. The third kappa shape index (κ3) is 6.48. The second kappa shape index (κ2) is 12.5. The number of unbranched alkanes of at least 4 members (excludes halogenated alkanes) is 1. The van der Waals surface area contributed by atoms with Gasteiger partial charge in [-0.2, -0.15) is 0 Å². The molecule has 206 valence electrons. The Morgan fingerprint density at radius 3 is 2.52 bits per heavy atom. The first-order valence-electron chi connectivity index (χ1n) is 13.6. The zero-order valence-corrected chi connectivity index (χ0v) is 23.0. The van der Waals surface area contributed by atoms with Gasteiger partial charge in [0.25, 0.3) is 5.91 Å². The Balaban J connectivity index is 1.22. The van der Waals surface area contributed by atoms with E-state index in [2.05, 4.69) is 76.3 Å². The summed E-state index contributed by atoms with van der Waals surface area (Å²) in [4.78, 5) is 12.4. The molecule has 1 atom stereocenters. The third-order valence-corrected chi connectivity index (χ3v) is 6.86. The van der Waals surface area contributed by atoms with Crippen molar-refractivity contribution in [2.45, 2.75) is 52.6 Å². The number of amides is 1. The van der Waals surface area contributed by atoms with E-state index in [9.17, 15) is 4.79 Å². The van der Waals surface area contributed by atoms with E-state index in [0.717, 1.165) is 64.1 Å². The van der Waals surface area contributed by atoms with Gasteiger partial charge in [-0.15, -0.1) is 5.10 Å². The average molecular weight is 539 g/mol. The van der Waals surface area contributed by atoms with Gasteiger partial charge in [-0.1, -0.05) is 38.0 Å². The van der Waals surface area contributed by atoms with Gasteiger partial charge >= 0.3 is 0 Å². The molecule has 0 aliphatic carbocycles. The number of fused-ring (bicyclic) bond motifs is 1. The number of nitrogens with one attached hydrogen (secondary N) is 3. The average Bonchev–Trinajstić information content (AvgIpc) is 3.63. The van der Waals surface area contributed by atoms with Crippen LogP contribution in [0.25, 0.3) is 22.3 Å². The lowest BCUT2D eigenvalue weighted by atomic mass is 10.00. The van der Waals surface area contributed by atoms with Gasteiger partial charge in [0, 0.05) is 22.2 Å². The van der Waals surface area contributed by atoms with Crippen LogP contribution in [0.3, 0.4) is 0 Å². The number of carbonyl (C=O) groups is 1. The Morgan fingerprint density at radius 2 is 1.82 bits per heavy atom. The highest BCUT2D eigenvalue weighted by Crippen LogP contribution is 2.34. The highest BCUT2D eigenvalue weighted by Gasteiger charge is 2.15. The van der Waals surface area contributed by atoms with Crippen molar-refractivity contribution >= 4 is 22.6 Å². The number of anilines is 1. The lowest BCUT2D eigenvalue weighted by Gasteiger charge is -2.21. The van der Waals surface area contributed by atoms with Crippen molar-refractivity contribution in [1.29, 1.82) is 0 Å². The summed E-state index contributed by atoms with van der Waals surface area (Å²) in [5, 5.41) is 20.9. The maximum absolute atomic E-state index is 12.4. The van der Waals surface area contributed by atoms with Crippen molar-refractivity contribution in [3.63, 3.8) is 0 Å². The molecule has 0 unspecified atom stereocenters. The summed E-state index contributed by atoms with van der Waals surface area (Å²) < 4.78 is 12.4. The molecule has 0 fully saturated rings. The van der Waals surface area contributed by atoms with Gasteiger partial charge in [-0.3, -0.25) is 4.79 Å². The predicted molar refractivity (Wildman–Crippen MR) is 155 cm³/mol. The smallest absolute Gasteiger partial charge is 0.251 e. The van der Waals surface area contributed by atoms with Crippen molar-refractivity contribution in [1.82, 2.24) is 25.9 Å². The summed E-state index contributed by atoms with van der Waals surface area (Å²) in [7, 11) is 0. The molecule has 0 aliphatic heterocycles. The van der Waals surface area contributed by atoms with Crippen LogP contribution < -0.4 is 15.4 Å². The van der Waals surface area contributed by atoms with Crippen LogP contribution in [0.15, 0.2) is 71.1 Å². The third-order valence-electron chi connectivity index (χ3n) is 6.86. The molecular weight excluding hydrogens is 504 g/mol. The second-order valence-corrected chi connectivity index (χ2v) is 9.98. The minimum absolute atomic E-state index is 0.120. The monoisotopic (exact) mass is 538 g/mol. The Morgan fingerprint density at radius 1 is 1.05 bits per heavy atom. The summed E-state index contributed by atoms with van der Waals surface area (Å²) in [6.45, 7) is 7.13. The van der Waals surface area contributed by atoms with E-state index < -0.39 is 0 Å². The molecule has 0 bridgehead atoms. The topological polar surface area (TPSA) is 118 Å². The fraction of sp³-hybridized carbons (Fsp3) is 0.290. The number of benzene rings is 3. The molecule has 3 aromatic carbocycles. The lowest BCUT2D eigenvalue weighted by molar-refractivity contribution is 0.0950. The Bertz CT molecular complexity index is 1500. The molecule has 9 heteroatoms. The molecule has 0 radical (unpaired) electrons. The minimum Gasteiger partial charge on any atom is -0.491 e. The summed E-state index contributed by atoms with van der Waals surface area (Å²) in [6, 6.07) is 21.9. The number of tetrazole rings is 1.